The highest BCUT2D eigenvalue weighted by Gasteiger charge is 2.40. The molecule has 5 heteroatoms. The van der Waals surface area contributed by atoms with E-state index in [0.717, 1.165) is 28.8 Å². The molecule has 2 atom stereocenters. The molecule has 1 aromatic carbocycles. The van der Waals surface area contributed by atoms with Gasteiger partial charge in [0, 0.05) is 16.4 Å². The Bertz CT molecular complexity index is 564. The fraction of sp³-hybridized carbons (Fsp3) is 0.611. The van der Waals surface area contributed by atoms with Crippen molar-refractivity contribution in [2.24, 2.45) is 23.5 Å². The molecule has 3 rings (SSSR count). The van der Waals surface area contributed by atoms with E-state index in [1.807, 2.05) is 25.1 Å². The summed E-state index contributed by atoms with van der Waals surface area (Å²) in [6.45, 7) is 2.52. The Morgan fingerprint density at radius 2 is 2.04 bits per heavy atom. The first kappa shape index (κ1) is 16.8. The third-order valence-corrected chi connectivity index (χ3v) is 5.78. The van der Waals surface area contributed by atoms with Crippen LogP contribution < -0.4 is 15.8 Å². The van der Waals surface area contributed by atoms with Crippen LogP contribution in [0.25, 0.3) is 0 Å². The van der Waals surface area contributed by atoms with E-state index in [4.69, 9.17) is 10.5 Å². The summed E-state index contributed by atoms with van der Waals surface area (Å²) >= 11 is 3.46. The summed E-state index contributed by atoms with van der Waals surface area (Å²) in [5.41, 5.74) is 7.07. The number of nitrogens with two attached hydrogens (primary N) is 1. The predicted molar refractivity (Wildman–Crippen MR) is 95.5 cm³/mol. The van der Waals surface area contributed by atoms with Gasteiger partial charge in [0.1, 0.15) is 5.75 Å². The molecule has 0 heterocycles. The molecule has 2 aliphatic carbocycles. The van der Waals surface area contributed by atoms with E-state index in [1.165, 1.54) is 19.3 Å². The molecule has 126 valence electrons. The minimum absolute atomic E-state index is 0.0681. The number of anilines is 1. The van der Waals surface area contributed by atoms with Gasteiger partial charge in [-0.1, -0.05) is 22.4 Å². The summed E-state index contributed by atoms with van der Waals surface area (Å²) < 4.78 is 6.55. The number of amides is 1. The summed E-state index contributed by atoms with van der Waals surface area (Å²) in [6.07, 6.45) is 5.44. The second-order valence-electron chi connectivity index (χ2n) is 6.76. The van der Waals surface area contributed by atoms with E-state index in [9.17, 15) is 4.79 Å². The van der Waals surface area contributed by atoms with Gasteiger partial charge in [-0.2, -0.15) is 0 Å². The maximum Gasteiger partial charge on any atom is 0.227 e. The van der Waals surface area contributed by atoms with Crippen LogP contribution in [0.5, 0.6) is 5.75 Å². The number of hydrogen-bond donors (Lipinski definition) is 2. The quantitative estimate of drug-likeness (QED) is 0.831. The van der Waals surface area contributed by atoms with Gasteiger partial charge in [0.2, 0.25) is 5.91 Å². The Kier molecular flexibility index (Phi) is 5.27. The molecule has 2 unspecified atom stereocenters. The summed E-state index contributed by atoms with van der Waals surface area (Å²) in [6, 6.07) is 6.00. The Morgan fingerprint density at radius 1 is 1.35 bits per heavy atom. The Hall–Kier alpha value is -1.07. The first-order valence-electron chi connectivity index (χ1n) is 8.57. The van der Waals surface area contributed by atoms with Gasteiger partial charge in [0.25, 0.3) is 0 Å². The molecule has 2 saturated carbocycles. The lowest BCUT2D eigenvalue weighted by molar-refractivity contribution is -0.122. The van der Waals surface area contributed by atoms with Gasteiger partial charge >= 0.3 is 0 Å². The minimum Gasteiger partial charge on any atom is -0.492 e. The van der Waals surface area contributed by atoms with Crippen molar-refractivity contribution in [1.82, 2.24) is 0 Å². The zero-order chi connectivity index (χ0) is 16.4. The molecule has 2 bridgehead atoms. The smallest absolute Gasteiger partial charge is 0.227 e. The lowest BCUT2D eigenvalue weighted by Gasteiger charge is -2.43. The summed E-state index contributed by atoms with van der Waals surface area (Å²) in [5.74, 6) is 1.91. The van der Waals surface area contributed by atoms with E-state index in [1.54, 1.807) is 0 Å². The van der Waals surface area contributed by atoms with Gasteiger partial charge in [-0.25, -0.2) is 0 Å². The number of ether oxygens (including phenoxy) is 1. The van der Waals surface area contributed by atoms with Crippen LogP contribution in [0, 0.1) is 17.8 Å². The van der Waals surface area contributed by atoms with Crippen LogP contribution in [0.4, 0.5) is 5.69 Å². The molecule has 0 spiro atoms. The highest BCUT2D eigenvalue weighted by Crippen LogP contribution is 2.42. The van der Waals surface area contributed by atoms with E-state index in [-0.39, 0.29) is 17.9 Å². The van der Waals surface area contributed by atoms with Crippen molar-refractivity contribution in [3.8, 4) is 5.75 Å². The van der Waals surface area contributed by atoms with E-state index >= 15 is 0 Å². The lowest BCUT2D eigenvalue weighted by Crippen LogP contribution is -2.48. The second kappa shape index (κ2) is 7.22. The number of carbonyl (C=O) groups is 1. The number of rotatable bonds is 4. The van der Waals surface area contributed by atoms with Gasteiger partial charge in [0.05, 0.1) is 12.3 Å². The van der Waals surface area contributed by atoms with Crippen molar-refractivity contribution in [3.05, 3.63) is 22.7 Å². The SMILES string of the molecule is CCOc1ccc(Br)cc1NC(=O)C1CC2CCCC(C1)C2N. The molecular weight excluding hydrogens is 356 g/mol. The number of fused-ring (bicyclic) bond motifs is 2. The molecule has 2 fully saturated rings. The highest BCUT2D eigenvalue weighted by atomic mass is 79.9. The summed E-state index contributed by atoms with van der Waals surface area (Å²) in [7, 11) is 0. The number of hydrogen-bond acceptors (Lipinski definition) is 3. The van der Waals surface area contributed by atoms with E-state index in [2.05, 4.69) is 21.2 Å². The zero-order valence-corrected chi connectivity index (χ0v) is 15.1. The van der Waals surface area contributed by atoms with E-state index < -0.39 is 0 Å². The van der Waals surface area contributed by atoms with Crippen molar-refractivity contribution in [2.45, 2.75) is 45.1 Å². The molecule has 3 N–H and O–H groups in total. The second-order valence-corrected chi connectivity index (χ2v) is 7.68. The van der Waals surface area contributed by atoms with Crippen molar-refractivity contribution in [1.29, 1.82) is 0 Å². The topological polar surface area (TPSA) is 64.3 Å². The average molecular weight is 381 g/mol. The Balaban J connectivity index is 1.71. The zero-order valence-electron chi connectivity index (χ0n) is 13.6. The molecule has 1 amide bonds. The Morgan fingerprint density at radius 3 is 2.70 bits per heavy atom. The molecule has 23 heavy (non-hydrogen) atoms. The van der Waals surface area contributed by atoms with Crippen molar-refractivity contribution in [3.63, 3.8) is 0 Å². The normalized spacial score (nSPS) is 29.9. The highest BCUT2D eigenvalue weighted by molar-refractivity contribution is 9.10. The number of nitrogens with one attached hydrogen (secondary N) is 1. The fourth-order valence-electron chi connectivity index (χ4n) is 4.12. The number of carbonyl (C=O) groups excluding carboxylic acids is 1. The average Bonchev–Trinajstić information content (AvgIpc) is 2.49. The molecular formula is C18H25BrN2O2. The first-order chi connectivity index (χ1) is 11.1. The molecule has 1 aromatic rings. The van der Waals surface area contributed by atoms with Crippen molar-refractivity contribution >= 4 is 27.5 Å². The molecule has 2 aliphatic rings. The predicted octanol–water partition coefficient (Wildman–Crippen LogP) is 3.94. The minimum atomic E-state index is 0.0681. The molecule has 0 aliphatic heterocycles. The third-order valence-electron chi connectivity index (χ3n) is 5.28. The van der Waals surface area contributed by atoms with Crippen LogP contribution in [-0.4, -0.2) is 18.6 Å². The third kappa shape index (κ3) is 3.72. The van der Waals surface area contributed by atoms with Gasteiger partial charge in [-0.05, 0) is 62.6 Å². The molecule has 0 aromatic heterocycles. The number of halogens is 1. The van der Waals surface area contributed by atoms with Gasteiger partial charge in [-0.15, -0.1) is 0 Å². The van der Waals surface area contributed by atoms with Crippen molar-refractivity contribution in [2.75, 3.05) is 11.9 Å². The lowest BCUT2D eigenvalue weighted by atomic mass is 9.65. The van der Waals surface area contributed by atoms with Crippen LogP contribution >= 0.6 is 15.9 Å². The van der Waals surface area contributed by atoms with Gasteiger partial charge in [-0.3, -0.25) is 4.79 Å². The molecule has 4 nitrogen and oxygen atoms in total. The molecule has 0 saturated heterocycles. The van der Waals surface area contributed by atoms with Crippen LogP contribution in [-0.2, 0) is 4.79 Å². The van der Waals surface area contributed by atoms with Crippen LogP contribution in [0.2, 0.25) is 0 Å². The van der Waals surface area contributed by atoms with E-state index in [0.29, 0.717) is 18.4 Å². The summed E-state index contributed by atoms with van der Waals surface area (Å²) in [4.78, 5) is 12.8. The monoisotopic (exact) mass is 380 g/mol. The Labute approximate surface area is 146 Å². The fourth-order valence-corrected chi connectivity index (χ4v) is 4.48. The van der Waals surface area contributed by atoms with Crippen molar-refractivity contribution < 1.29 is 9.53 Å². The van der Waals surface area contributed by atoms with Crippen LogP contribution in [0.1, 0.15) is 39.0 Å². The first-order valence-corrected chi connectivity index (χ1v) is 9.36. The van der Waals surface area contributed by atoms with Gasteiger partial charge in [0.15, 0.2) is 0 Å². The standard InChI is InChI=1S/C18H25BrN2O2/c1-2-23-16-7-6-14(19)10-15(16)21-18(22)13-8-11-4-3-5-12(9-13)17(11)20/h6-7,10-13,17H,2-5,8-9,20H2,1H3,(H,21,22). The van der Waals surface area contributed by atoms with Crippen LogP contribution in [0.15, 0.2) is 22.7 Å². The molecule has 0 radical (unpaired) electrons. The van der Waals surface area contributed by atoms with Crippen LogP contribution in [0.3, 0.4) is 0 Å². The maximum atomic E-state index is 12.8. The van der Waals surface area contributed by atoms with Gasteiger partial charge < -0.3 is 15.8 Å². The largest absolute Gasteiger partial charge is 0.492 e. The number of benzene rings is 1. The summed E-state index contributed by atoms with van der Waals surface area (Å²) in [5, 5.41) is 3.08. The maximum absolute atomic E-state index is 12.8.